The Morgan fingerprint density at radius 2 is 1.29 bits per heavy atom. The van der Waals surface area contributed by atoms with E-state index in [0.717, 1.165) is 5.56 Å². The fraction of sp³-hybridized carbons (Fsp3) is 0.222. The van der Waals surface area contributed by atoms with E-state index < -0.39 is 0 Å². The number of ether oxygens (including phenoxy) is 2. The molecule has 3 aromatic carbocycles. The van der Waals surface area contributed by atoms with Gasteiger partial charge >= 0.3 is 0 Å². The Bertz CT molecular complexity index is 1200. The zero-order chi connectivity index (χ0) is 24.9. The lowest BCUT2D eigenvalue weighted by molar-refractivity contribution is 0.318. The molecule has 176 valence electrons. The normalized spacial score (nSPS) is 10.6. The number of aliphatic imine (C=N–C) groups is 2. The molecule has 0 fully saturated rings. The van der Waals surface area contributed by atoms with Crippen molar-refractivity contribution in [2.24, 2.45) is 9.98 Å². The molecule has 0 aliphatic heterocycles. The summed E-state index contributed by atoms with van der Waals surface area (Å²) in [6.07, 6.45) is 3.16. The van der Waals surface area contributed by atoms with Crippen molar-refractivity contribution in [2.45, 2.75) is 27.7 Å². The van der Waals surface area contributed by atoms with Gasteiger partial charge in [0.05, 0.1) is 30.7 Å². The molecule has 3 aromatic rings. The summed E-state index contributed by atoms with van der Waals surface area (Å²) >= 11 is 0. The largest absolute Gasteiger partial charge is 0.504 e. The number of phenols is 2. The van der Waals surface area contributed by atoms with Gasteiger partial charge in [0.1, 0.15) is 0 Å². The first-order valence-electron chi connectivity index (χ1n) is 10.8. The van der Waals surface area contributed by atoms with Gasteiger partial charge in [-0.3, -0.25) is 9.98 Å². The van der Waals surface area contributed by atoms with E-state index >= 15 is 0 Å². The van der Waals surface area contributed by atoms with Crippen LogP contribution >= 0.6 is 0 Å². The highest BCUT2D eigenvalue weighted by Gasteiger charge is 2.08. The zero-order valence-corrected chi connectivity index (χ0v) is 19.8. The lowest BCUT2D eigenvalue weighted by Gasteiger charge is -2.08. The Kier molecular flexibility index (Phi) is 10.1. The Labute approximate surface area is 200 Å². The second-order valence-electron chi connectivity index (χ2n) is 6.99. The molecule has 0 unspecified atom stereocenters. The molecule has 0 radical (unpaired) electrons. The third kappa shape index (κ3) is 7.10. The maximum absolute atomic E-state index is 10.4. The van der Waals surface area contributed by atoms with Crippen LogP contribution in [0.15, 0.2) is 64.6 Å². The number of benzene rings is 3. The summed E-state index contributed by atoms with van der Waals surface area (Å²) in [6, 6.07) is 18.0. The van der Waals surface area contributed by atoms with Crippen molar-refractivity contribution in [3.05, 3.63) is 71.3 Å². The molecule has 34 heavy (non-hydrogen) atoms. The Morgan fingerprint density at radius 3 is 1.76 bits per heavy atom. The van der Waals surface area contributed by atoms with Gasteiger partial charge in [0.25, 0.3) is 0 Å². The highest BCUT2D eigenvalue weighted by atomic mass is 16.5. The minimum absolute atomic E-state index is 0.0444. The van der Waals surface area contributed by atoms with Crippen LogP contribution in [0.2, 0.25) is 0 Å². The minimum atomic E-state index is 0.0444. The van der Waals surface area contributed by atoms with Crippen LogP contribution in [0.1, 0.15) is 37.5 Å². The Morgan fingerprint density at radius 1 is 0.824 bits per heavy atom. The van der Waals surface area contributed by atoms with Crippen LogP contribution < -0.4 is 9.47 Å². The molecular formula is C27H29N3O4. The summed E-state index contributed by atoms with van der Waals surface area (Å²) < 4.78 is 10.9. The van der Waals surface area contributed by atoms with Gasteiger partial charge < -0.3 is 19.7 Å². The minimum Gasteiger partial charge on any atom is -0.504 e. The molecule has 0 heterocycles. The first-order chi connectivity index (χ1) is 16.4. The third-order valence-corrected chi connectivity index (χ3v) is 4.48. The van der Waals surface area contributed by atoms with Gasteiger partial charge in [-0.05, 0) is 62.7 Å². The van der Waals surface area contributed by atoms with E-state index in [2.05, 4.69) is 9.98 Å². The fourth-order valence-corrected chi connectivity index (χ4v) is 2.96. The molecule has 0 aliphatic carbocycles. The molecule has 0 atom stereocenters. The van der Waals surface area contributed by atoms with Crippen molar-refractivity contribution in [3.63, 3.8) is 0 Å². The predicted octanol–water partition coefficient (Wildman–Crippen LogP) is 6.23. The molecule has 2 N–H and O–H groups in total. The summed E-state index contributed by atoms with van der Waals surface area (Å²) in [7, 11) is 0. The van der Waals surface area contributed by atoms with Crippen LogP contribution in [0.3, 0.4) is 0 Å². The predicted molar refractivity (Wildman–Crippen MR) is 136 cm³/mol. The molecule has 0 bridgehead atoms. The number of nitriles is 1. The van der Waals surface area contributed by atoms with Gasteiger partial charge in [0, 0.05) is 30.5 Å². The van der Waals surface area contributed by atoms with Crippen molar-refractivity contribution in [2.75, 3.05) is 13.2 Å². The Hall–Kier alpha value is -4.31. The smallest absolute Gasteiger partial charge is 0.166 e. The van der Waals surface area contributed by atoms with E-state index in [1.54, 1.807) is 54.9 Å². The molecule has 7 nitrogen and oxygen atoms in total. The van der Waals surface area contributed by atoms with Crippen LogP contribution in [-0.2, 0) is 0 Å². The molecule has 0 saturated heterocycles. The standard InChI is InChI=1S/C25H26N2O4.C2H3N/c1-4-30-22-10-6-8-18(24(22)28)15-26-20-13-12-17(3)14-21(20)27-16-19-9-7-11-23(25(19)29)31-5-2;1-2-3/h6-16,28-29H,4-5H2,1-3H3;1H3. The highest BCUT2D eigenvalue weighted by molar-refractivity contribution is 5.90. The maximum atomic E-state index is 10.4. The van der Waals surface area contributed by atoms with Crippen LogP contribution in [0.5, 0.6) is 23.0 Å². The average molecular weight is 460 g/mol. The first-order valence-corrected chi connectivity index (χ1v) is 10.8. The average Bonchev–Trinajstić information content (AvgIpc) is 2.82. The molecule has 0 aliphatic rings. The van der Waals surface area contributed by atoms with Crippen molar-refractivity contribution >= 4 is 23.8 Å². The monoisotopic (exact) mass is 459 g/mol. The number of hydrogen-bond donors (Lipinski definition) is 2. The molecule has 3 rings (SSSR count). The maximum Gasteiger partial charge on any atom is 0.166 e. The number of rotatable bonds is 8. The highest BCUT2D eigenvalue weighted by Crippen LogP contribution is 2.33. The van der Waals surface area contributed by atoms with Crippen molar-refractivity contribution < 1.29 is 19.7 Å². The van der Waals surface area contributed by atoms with E-state index in [1.165, 1.54) is 6.92 Å². The summed E-state index contributed by atoms with van der Waals surface area (Å²) in [4.78, 5) is 9.06. The summed E-state index contributed by atoms with van der Waals surface area (Å²) in [5.74, 6) is 0.920. The number of para-hydroxylation sites is 2. The van der Waals surface area contributed by atoms with Gasteiger partial charge in [-0.2, -0.15) is 5.26 Å². The van der Waals surface area contributed by atoms with Crippen LogP contribution in [-0.4, -0.2) is 35.9 Å². The molecule has 7 heteroatoms. The van der Waals surface area contributed by atoms with Crippen LogP contribution in [0.25, 0.3) is 0 Å². The van der Waals surface area contributed by atoms with E-state index in [0.29, 0.717) is 47.2 Å². The fourth-order valence-electron chi connectivity index (χ4n) is 2.96. The summed E-state index contributed by atoms with van der Waals surface area (Å²) in [6.45, 7) is 8.04. The molecule has 0 saturated carbocycles. The third-order valence-electron chi connectivity index (χ3n) is 4.48. The number of nitrogens with zero attached hydrogens (tertiary/aromatic N) is 3. The lowest BCUT2D eigenvalue weighted by atomic mass is 10.1. The van der Waals surface area contributed by atoms with E-state index in [-0.39, 0.29) is 11.5 Å². The second-order valence-corrected chi connectivity index (χ2v) is 6.99. The van der Waals surface area contributed by atoms with Crippen molar-refractivity contribution in [1.82, 2.24) is 0 Å². The van der Waals surface area contributed by atoms with Crippen molar-refractivity contribution in [1.29, 1.82) is 5.26 Å². The van der Waals surface area contributed by atoms with Gasteiger partial charge in [-0.15, -0.1) is 0 Å². The number of hydrogen-bond acceptors (Lipinski definition) is 7. The lowest BCUT2D eigenvalue weighted by Crippen LogP contribution is -1.94. The number of aromatic hydroxyl groups is 2. The molecular weight excluding hydrogens is 430 g/mol. The molecule has 0 aromatic heterocycles. The van der Waals surface area contributed by atoms with E-state index in [4.69, 9.17) is 14.7 Å². The Balaban J connectivity index is 0.00000129. The SMILES string of the molecule is CC#N.CCOc1cccc(C=Nc2ccc(C)cc2N=Cc2cccc(OCC)c2O)c1O. The quantitative estimate of drug-likeness (QED) is 0.388. The zero-order valence-electron chi connectivity index (χ0n) is 19.8. The van der Waals surface area contributed by atoms with E-state index in [9.17, 15) is 10.2 Å². The topological polar surface area (TPSA) is 107 Å². The van der Waals surface area contributed by atoms with Gasteiger partial charge in [0.2, 0.25) is 0 Å². The number of aryl methyl sites for hydroxylation is 1. The van der Waals surface area contributed by atoms with Crippen LogP contribution in [0, 0.1) is 18.3 Å². The van der Waals surface area contributed by atoms with Gasteiger partial charge in [0.15, 0.2) is 23.0 Å². The summed E-state index contributed by atoms with van der Waals surface area (Å²) in [5.41, 5.74) is 3.38. The van der Waals surface area contributed by atoms with Gasteiger partial charge in [-0.25, -0.2) is 0 Å². The van der Waals surface area contributed by atoms with Gasteiger partial charge in [-0.1, -0.05) is 18.2 Å². The molecule has 0 amide bonds. The number of phenolic OH excluding ortho intramolecular Hbond substituents is 2. The molecule has 0 spiro atoms. The van der Waals surface area contributed by atoms with E-state index in [1.807, 2.05) is 39.0 Å². The summed E-state index contributed by atoms with van der Waals surface area (Å²) in [5, 5.41) is 28.1. The second kappa shape index (κ2) is 13.3. The first kappa shape index (κ1) is 25.9. The van der Waals surface area contributed by atoms with Crippen LogP contribution in [0.4, 0.5) is 11.4 Å². The van der Waals surface area contributed by atoms with Crippen molar-refractivity contribution in [3.8, 4) is 29.1 Å².